The van der Waals surface area contributed by atoms with Crippen LogP contribution in [-0.2, 0) is 18.4 Å². The van der Waals surface area contributed by atoms with Gasteiger partial charge in [0.2, 0.25) is 5.91 Å². The van der Waals surface area contributed by atoms with Gasteiger partial charge >= 0.3 is 5.69 Å². The Morgan fingerprint density at radius 1 is 1.20 bits per heavy atom. The van der Waals surface area contributed by atoms with Crippen molar-refractivity contribution in [3.8, 4) is 0 Å². The summed E-state index contributed by atoms with van der Waals surface area (Å²) in [5.74, 6) is 0.879. The minimum absolute atomic E-state index is 0.0558. The average molecular weight is 344 g/mol. The quantitative estimate of drug-likeness (QED) is 0.865. The van der Waals surface area contributed by atoms with E-state index in [9.17, 15) is 9.59 Å². The van der Waals surface area contributed by atoms with Gasteiger partial charge in [-0.25, -0.2) is 4.79 Å². The third-order valence-corrected chi connectivity index (χ3v) is 5.37. The molecule has 0 radical (unpaired) electrons. The number of benzene rings is 1. The van der Waals surface area contributed by atoms with E-state index in [1.54, 1.807) is 16.2 Å². The molecule has 0 spiro atoms. The molecule has 0 unspecified atom stereocenters. The molecule has 6 nitrogen and oxygen atoms in total. The maximum atomic E-state index is 12.5. The number of fused-ring (bicyclic) bond motifs is 1. The number of hydrogen-bond donors (Lipinski definition) is 1. The molecule has 1 aromatic carbocycles. The zero-order valence-corrected chi connectivity index (χ0v) is 15.2. The number of carbonyl (C=O) groups is 1. The summed E-state index contributed by atoms with van der Waals surface area (Å²) in [6.07, 6.45) is 3.74. The zero-order valence-electron chi connectivity index (χ0n) is 15.2. The number of imidazole rings is 1. The third-order valence-electron chi connectivity index (χ3n) is 5.37. The molecule has 2 heterocycles. The Morgan fingerprint density at radius 2 is 1.88 bits per heavy atom. The predicted molar refractivity (Wildman–Crippen MR) is 99.6 cm³/mol. The topological polar surface area (TPSA) is 59.3 Å². The molecule has 25 heavy (non-hydrogen) atoms. The van der Waals surface area contributed by atoms with E-state index in [1.165, 1.54) is 6.42 Å². The van der Waals surface area contributed by atoms with E-state index in [2.05, 4.69) is 5.32 Å². The number of hydrogen-bond acceptors (Lipinski definition) is 3. The van der Waals surface area contributed by atoms with Crippen molar-refractivity contribution in [3.63, 3.8) is 0 Å². The van der Waals surface area contributed by atoms with Gasteiger partial charge < -0.3 is 10.2 Å². The number of likely N-dealkylation sites (tertiary alicyclic amines) is 1. The largest absolute Gasteiger partial charge is 0.343 e. The van der Waals surface area contributed by atoms with Crippen LogP contribution in [0.25, 0.3) is 11.0 Å². The molecule has 1 saturated heterocycles. The van der Waals surface area contributed by atoms with Gasteiger partial charge in [-0.3, -0.25) is 13.9 Å². The van der Waals surface area contributed by atoms with Gasteiger partial charge in [0.05, 0.1) is 11.0 Å². The SMILES string of the molecule is CNCCC1CCN(C(=O)CCn2c(=O)n(C)c3ccccc32)CC1. The van der Waals surface area contributed by atoms with E-state index in [-0.39, 0.29) is 11.6 Å². The number of piperidine rings is 1. The first kappa shape index (κ1) is 17.7. The Labute approximate surface area is 148 Å². The lowest BCUT2D eigenvalue weighted by Gasteiger charge is -2.32. The van der Waals surface area contributed by atoms with Gasteiger partial charge in [-0.1, -0.05) is 12.1 Å². The van der Waals surface area contributed by atoms with Gasteiger partial charge in [-0.05, 0) is 50.9 Å². The first-order chi connectivity index (χ1) is 12.1. The van der Waals surface area contributed by atoms with Crippen LogP contribution in [-0.4, -0.2) is 46.6 Å². The number of amides is 1. The maximum Gasteiger partial charge on any atom is 0.328 e. The normalized spacial score (nSPS) is 15.8. The summed E-state index contributed by atoms with van der Waals surface area (Å²) in [6.45, 7) is 3.18. The smallest absolute Gasteiger partial charge is 0.328 e. The molecule has 0 aliphatic carbocycles. The number of aryl methyl sites for hydroxylation is 2. The summed E-state index contributed by atoms with van der Waals surface area (Å²) < 4.78 is 3.36. The highest BCUT2D eigenvalue weighted by molar-refractivity contribution is 5.78. The van der Waals surface area contributed by atoms with Gasteiger partial charge in [0.15, 0.2) is 0 Å². The van der Waals surface area contributed by atoms with E-state index in [1.807, 2.05) is 36.2 Å². The van der Waals surface area contributed by atoms with Crippen molar-refractivity contribution in [1.82, 2.24) is 19.4 Å². The molecule has 1 N–H and O–H groups in total. The van der Waals surface area contributed by atoms with Crippen molar-refractivity contribution < 1.29 is 4.79 Å². The van der Waals surface area contributed by atoms with Gasteiger partial charge in [0, 0.05) is 33.1 Å². The molecule has 1 aliphatic heterocycles. The summed E-state index contributed by atoms with van der Waals surface area (Å²) in [5.41, 5.74) is 1.75. The summed E-state index contributed by atoms with van der Waals surface area (Å²) >= 11 is 0. The highest BCUT2D eigenvalue weighted by Crippen LogP contribution is 2.20. The molecule has 3 rings (SSSR count). The van der Waals surface area contributed by atoms with E-state index in [0.717, 1.165) is 49.4 Å². The van der Waals surface area contributed by atoms with Crippen molar-refractivity contribution in [3.05, 3.63) is 34.7 Å². The highest BCUT2D eigenvalue weighted by atomic mass is 16.2. The molecular formula is C19H28N4O2. The van der Waals surface area contributed by atoms with Crippen molar-refractivity contribution in [2.24, 2.45) is 13.0 Å². The third kappa shape index (κ3) is 3.79. The molecule has 136 valence electrons. The van der Waals surface area contributed by atoms with Gasteiger partial charge in [-0.15, -0.1) is 0 Å². The zero-order chi connectivity index (χ0) is 17.8. The first-order valence-corrected chi connectivity index (χ1v) is 9.18. The van der Waals surface area contributed by atoms with E-state index < -0.39 is 0 Å². The van der Waals surface area contributed by atoms with Crippen LogP contribution >= 0.6 is 0 Å². The summed E-state index contributed by atoms with van der Waals surface area (Å²) in [5, 5.41) is 3.19. The molecule has 1 fully saturated rings. The average Bonchev–Trinajstić information content (AvgIpc) is 2.89. The van der Waals surface area contributed by atoms with Crippen molar-refractivity contribution in [1.29, 1.82) is 0 Å². The van der Waals surface area contributed by atoms with Crippen molar-refractivity contribution in [2.45, 2.75) is 32.2 Å². The number of nitrogens with one attached hydrogen (secondary N) is 1. The summed E-state index contributed by atoms with van der Waals surface area (Å²) in [7, 11) is 3.76. The second-order valence-corrected chi connectivity index (χ2v) is 6.95. The van der Waals surface area contributed by atoms with Gasteiger partial charge in [0.1, 0.15) is 0 Å². The number of carbonyl (C=O) groups excluding carboxylic acids is 1. The Hall–Kier alpha value is -2.08. The van der Waals surface area contributed by atoms with Crippen LogP contribution < -0.4 is 11.0 Å². The molecule has 1 aromatic heterocycles. The number of aromatic nitrogens is 2. The van der Waals surface area contributed by atoms with Crippen LogP contribution in [0.5, 0.6) is 0 Å². The Morgan fingerprint density at radius 3 is 2.56 bits per heavy atom. The van der Waals surface area contributed by atoms with Crippen molar-refractivity contribution >= 4 is 16.9 Å². The monoisotopic (exact) mass is 344 g/mol. The van der Waals surface area contributed by atoms with E-state index in [0.29, 0.717) is 13.0 Å². The predicted octanol–water partition coefficient (Wildman–Crippen LogP) is 1.58. The molecule has 0 saturated carbocycles. The molecular weight excluding hydrogens is 316 g/mol. The van der Waals surface area contributed by atoms with E-state index >= 15 is 0 Å². The van der Waals surface area contributed by atoms with Crippen LogP contribution in [0.2, 0.25) is 0 Å². The Balaban J connectivity index is 1.59. The van der Waals surface area contributed by atoms with Crippen LogP contribution in [0.3, 0.4) is 0 Å². The molecule has 0 bridgehead atoms. The molecule has 1 amide bonds. The van der Waals surface area contributed by atoms with Gasteiger partial charge in [-0.2, -0.15) is 0 Å². The fraction of sp³-hybridized carbons (Fsp3) is 0.579. The minimum atomic E-state index is -0.0558. The maximum absolute atomic E-state index is 12.5. The lowest BCUT2D eigenvalue weighted by Crippen LogP contribution is -2.39. The minimum Gasteiger partial charge on any atom is -0.343 e. The fourth-order valence-corrected chi connectivity index (χ4v) is 3.76. The lowest BCUT2D eigenvalue weighted by atomic mass is 9.93. The van der Waals surface area contributed by atoms with Crippen LogP contribution in [0.4, 0.5) is 0 Å². The van der Waals surface area contributed by atoms with Crippen LogP contribution in [0.1, 0.15) is 25.7 Å². The second kappa shape index (κ2) is 7.87. The van der Waals surface area contributed by atoms with Crippen LogP contribution in [0, 0.1) is 5.92 Å². The summed E-state index contributed by atoms with van der Waals surface area (Å²) in [6, 6.07) is 7.73. The first-order valence-electron chi connectivity index (χ1n) is 9.18. The summed E-state index contributed by atoms with van der Waals surface area (Å²) in [4.78, 5) is 26.9. The number of nitrogens with zero attached hydrogens (tertiary/aromatic N) is 3. The molecule has 0 atom stereocenters. The van der Waals surface area contributed by atoms with E-state index in [4.69, 9.17) is 0 Å². The molecule has 2 aromatic rings. The molecule has 1 aliphatic rings. The Bertz CT molecular complexity index is 784. The number of rotatable bonds is 6. The van der Waals surface area contributed by atoms with Crippen LogP contribution in [0.15, 0.2) is 29.1 Å². The molecule has 6 heteroatoms. The van der Waals surface area contributed by atoms with Crippen molar-refractivity contribution in [2.75, 3.05) is 26.7 Å². The second-order valence-electron chi connectivity index (χ2n) is 6.95. The Kier molecular flexibility index (Phi) is 5.58. The number of para-hydroxylation sites is 2. The fourth-order valence-electron chi connectivity index (χ4n) is 3.76. The highest BCUT2D eigenvalue weighted by Gasteiger charge is 2.22. The van der Waals surface area contributed by atoms with Gasteiger partial charge in [0.25, 0.3) is 0 Å². The standard InChI is InChI=1S/C19H28N4O2/c1-20-11-7-15-8-12-22(13-9-15)18(24)10-14-23-17-6-4-3-5-16(17)21(2)19(23)25/h3-6,15,20H,7-14H2,1-2H3. The lowest BCUT2D eigenvalue weighted by molar-refractivity contribution is -0.132.